The van der Waals surface area contributed by atoms with Crippen LogP contribution in [0.25, 0.3) is 0 Å². The van der Waals surface area contributed by atoms with Crippen molar-refractivity contribution < 1.29 is 9.90 Å². The standard InChI is InChI=1S/C14H28N2O2/c1-9(2)11-8-10(6-7-12(11)15)16(13(17)18)14(3,4)5/h9-12H,6-8,15H2,1-5H3,(H,17,18)/t10-,11+,12+/m1/s1. The van der Waals surface area contributed by atoms with Gasteiger partial charge in [0.05, 0.1) is 0 Å². The van der Waals surface area contributed by atoms with E-state index < -0.39 is 6.09 Å². The van der Waals surface area contributed by atoms with Crippen LogP contribution in [0.15, 0.2) is 0 Å². The van der Waals surface area contributed by atoms with Crippen LogP contribution in [0, 0.1) is 11.8 Å². The van der Waals surface area contributed by atoms with E-state index in [4.69, 9.17) is 5.73 Å². The second-order valence-corrected chi connectivity index (χ2v) is 6.86. The van der Waals surface area contributed by atoms with E-state index >= 15 is 0 Å². The third-order valence-electron chi connectivity index (χ3n) is 4.08. The molecule has 3 N–H and O–H groups in total. The minimum absolute atomic E-state index is 0.106. The van der Waals surface area contributed by atoms with E-state index in [9.17, 15) is 9.90 Å². The molecule has 0 unspecified atom stereocenters. The van der Waals surface area contributed by atoms with Gasteiger partial charge < -0.3 is 15.7 Å². The van der Waals surface area contributed by atoms with Gasteiger partial charge in [-0.15, -0.1) is 0 Å². The van der Waals surface area contributed by atoms with Crippen molar-refractivity contribution in [2.45, 2.75) is 71.5 Å². The maximum atomic E-state index is 11.5. The maximum absolute atomic E-state index is 11.5. The summed E-state index contributed by atoms with van der Waals surface area (Å²) >= 11 is 0. The molecule has 0 aromatic rings. The molecule has 3 atom stereocenters. The van der Waals surface area contributed by atoms with Gasteiger partial charge in [-0.2, -0.15) is 0 Å². The predicted molar refractivity (Wildman–Crippen MR) is 73.6 cm³/mol. The van der Waals surface area contributed by atoms with E-state index in [1.807, 2.05) is 20.8 Å². The molecule has 106 valence electrons. The zero-order chi connectivity index (χ0) is 14.1. The zero-order valence-electron chi connectivity index (χ0n) is 12.3. The fraction of sp³-hybridized carbons (Fsp3) is 0.929. The quantitative estimate of drug-likeness (QED) is 0.798. The number of nitrogens with two attached hydrogens (primary N) is 1. The molecule has 18 heavy (non-hydrogen) atoms. The van der Waals surface area contributed by atoms with Crippen molar-refractivity contribution in [3.8, 4) is 0 Å². The Hall–Kier alpha value is -0.770. The molecule has 4 heteroatoms. The second kappa shape index (κ2) is 5.47. The number of nitrogens with zero attached hydrogens (tertiary/aromatic N) is 1. The van der Waals surface area contributed by atoms with Gasteiger partial charge in [-0.25, -0.2) is 4.79 Å². The van der Waals surface area contributed by atoms with Crippen molar-refractivity contribution in [1.82, 2.24) is 4.90 Å². The predicted octanol–water partition coefficient (Wildman–Crippen LogP) is 2.92. The van der Waals surface area contributed by atoms with Crippen LogP contribution in [-0.2, 0) is 0 Å². The van der Waals surface area contributed by atoms with Gasteiger partial charge in [0, 0.05) is 17.6 Å². The minimum Gasteiger partial charge on any atom is -0.465 e. The van der Waals surface area contributed by atoms with Gasteiger partial charge >= 0.3 is 6.09 Å². The van der Waals surface area contributed by atoms with E-state index in [-0.39, 0.29) is 17.6 Å². The Morgan fingerprint density at radius 3 is 2.28 bits per heavy atom. The van der Waals surface area contributed by atoms with Gasteiger partial charge in [0.25, 0.3) is 0 Å². The van der Waals surface area contributed by atoms with Crippen molar-refractivity contribution >= 4 is 6.09 Å². The highest BCUT2D eigenvalue weighted by atomic mass is 16.4. The zero-order valence-corrected chi connectivity index (χ0v) is 12.3. The molecular weight excluding hydrogens is 228 g/mol. The number of amides is 1. The second-order valence-electron chi connectivity index (χ2n) is 6.86. The fourth-order valence-electron chi connectivity index (χ4n) is 3.20. The van der Waals surface area contributed by atoms with Gasteiger partial charge in [-0.3, -0.25) is 0 Å². The average molecular weight is 256 g/mol. The molecule has 1 aliphatic rings. The van der Waals surface area contributed by atoms with Crippen molar-refractivity contribution in [2.75, 3.05) is 0 Å². The molecule has 0 spiro atoms. The van der Waals surface area contributed by atoms with Crippen LogP contribution in [0.1, 0.15) is 53.9 Å². The maximum Gasteiger partial charge on any atom is 0.407 e. The Morgan fingerprint density at radius 1 is 1.33 bits per heavy atom. The first-order valence-electron chi connectivity index (χ1n) is 6.92. The van der Waals surface area contributed by atoms with Crippen LogP contribution in [0.4, 0.5) is 4.79 Å². The van der Waals surface area contributed by atoms with Crippen LogP contribution < -0.4 is 5.73 Å². The largest absolute Gasteiger partial charge is 0.465 e. The molecular formula is C14H28N2O2. The molecule has 0 aromatic carbocycles. The minimum atomic E-state index is -0.814. The molecule has 1 rings (SSSR count). The molecule has 0 aliphatic heterocycles. The van der Waals surface area contributed by atoms with Gasteiger partial charge in [-0.05, 0) is 51.9 Å². The molecule has 1 fully saturated rings. The molecule has 1 saturated carbocycles. The number of carbonyl (C=O) groups is 1. The molecule has 1 aliphatic carbocycles. The topological polar surface area (TPSA) is 66.6 Å². The molecule has 0 bridgehead atoms. The summed E-state index contributed by atoms with van der Waals surface area (Å²) < 4.78 is 0. The number of carboxylic acid groups (broad SMARTS) is 1. The van der Waals surface area contributed by atoms with E-state index in [1.165, 1.54) is 0 Å². The monoisotopic (exact) mass is 256 g/mol. The average Bonchev–Trinajstić information content (AvgIpc) is 2.17. The molecule has 0 radical (unpaired) electrons. The number of rotatable bonds is 2. The SMILES string of the molecule is CC(C)[C@@H]1C[C@H](N(C(=O)O)C(C)(C)C)CC[C@@H]1N. The highest BCUT2D eigenvalue weighted by Crippen LogP contribution is 2.34. The van der Waals surface area contributed by atoms with Crippen LogP contribution in [0.2, 0.25) is 0 Å². The van der Waals surface area contributed by atoms with Crippen LogP contribution in [-0.4, -0.2) is 33.7 Å². The molecule has 1 amide bonds. The van der Waals surface area contributed by atoms with Crippen LogP contribution in [0.5, 0.6) is 0 Å². The Balaban J connectivity index is 2.85. The molecule has 4 nitrogen and oxygen atoms in total. The van der Waals surface area contributed by atoms with Crippen molar-refractivity contribution in [1.29, 1.82) is 0 Å². The Morgan fingerprint density at radius 2 is 1.89 bits per heavy atom. The Bertz CT molecular complexity index is 297. The van der Waals surface area contributed by atoms with Gasteiger partial charge in [0.2, 0.25) is 0 Å². The van der Waals surface area contributed by atoms with E-state index in [0.29, 0.717) is 11.8 Å². The van der Waals surface area contributed by atoms with Gasteiger partial charge in [0.15, 0.2) is 0 Å². The molecule has 0 heterocycles. The third-order valence-corrected chi connectivity index (χ3v) is 4.08. The van der Waals surface area contributed by atoms with E-state index in [2.05, 4.69) is 13.8 Å². The summed E-state index contributed by atoms with van der Waals surface area (Å²) in [6.07, 6.45) is 1.88. The summed E-state index contributed by atoms with van der Waals surface area (Å²) in [7, 11) is 0. The summed E-state index contributed by atoms with van der Waals surface area (Å²) in [5, 5.41) is 9.45. The Labute approximate surface area is 111 Å². The van der Waals surface area contributed by atoms with Gasteiger partial charge in [0.1, 0.15) is 0 Å². The van der Waals surface area contributed by atoms with E-state index in [0.717, 1.165) is 19.3 Å². The lowest BCUT2D eigenvalue weighted by atomic mass is 9.75. The highest BCUT2D eigenvalue weighted by Gasteiger charge is 2.39. The Kier molecular flexibility index (Phi) is 4.65. The third kappa shape index (κ3) is 3.37. The van der Waals surface area contributed by atoms with Crippen molar-refractivity contribution in [3.05, 3.63) is 0 Å². The summed E-state index contributed by atoms with van der Waals surface area (Å²) in [6, 6.07) is 0.326. The molecule has 0 saturated heterocycles. The fourth-order valence-corrected chi connectivity index (χ4v) is 3.20. The van der Waals surface area contributed by atoms with Crippen molar-refractivity contribution in [2.24, 2.45) is 17.6 Å². The lowest BCUT2D eigenvalue weighted by Crippen LogP contribution is -2.55. The van der Waals surface area contributed by atoms with Crippen LogP contribution >= 0.6 is 0 Å². The normalized spacial score (nSPS) is 29.4. The lowest BCUT2D eigenvalue weighted by molar-refractivity contribution is 0.0372. The van der Waals surface area contributed by atoms with Gasteiger partial charge in [-0.1, -0.05) is 13.8 Å². The summed E-state index contributed by atoms with van der Waals surface area (Å²) in [4.78, 5) is 13.1. The summed E-state index contributed by atoms with van der Waals surface area (Å²) in [5.74, 6) is 0.936. The number of hydrogen-bond donors (Lipinski definition) is 2. The highest BCUT2D eigenvalue weighted by molar-refractivity contribution is 5.66. The summed E-state index contributed by atoms with van der Waals surface area (Å²) in [6.45, 7) is 10.2. The van der Waals surface area contributed by atoms with E-state index in [1.54, 1.807) is 4.90 Å². The first-order valence-corrected chi connectivity index (χ1v) is 6.92. The van der Waals surface area contributed by atoms with Crippen molar-refractivity contribution in [3.63, 3.8) is 0 Å². The summed E-state index contributed by atoms with van der Waals surface area (Å²) in [5.41, 5.74) is 5.81. The lowest BCUT2D eigenvalue weighted by Gasteiger charge is -2.45. The molecule has 0 aromatic heterocycles. The first kappa shape index (κ1) is 15.3. The first-order chi connectivity index (χ1) is 8.14. The number of hydrogen-bond acceptors (Lipinski definition) is 2. The smallest absolute Gasteiger partial charge is 0.407 e. The van der Waals surface area contributed by atoms with Crippen LogP contribution in [0.3, 0.4) is 0 Å².